The Morgan fingerprint density at radius 1 is 1.00 bits per heavy atom. The van der Waals surface area contributed by atoms with Crippen molar-refractivity contribution in [3.63, 3.8) is 0 Å². The number of furan rings is 1. The maximum Gasteiger partial charge on any atom is 0.291 e. The number of para-hydroxylation sites is 1. The van der Waals surface area contributed by atoms with Crippen LogP contribution in [0.5, 0.6) is 0 Å². The third kappa shape index (κ3) is 3.28. The fraction of sp³-hybridized carbons (Fsp3) is 0.182. The van der Waals surface area contributed by atoms with E-state index in [-0.39, 0.29) is 17.6 Å². The molecule has 0 saturated carbocycles. The Hall–Kier alpha value is -3.16. The largest absolute Gasteiger partial charge is 0.449 e. The van der Waals surface area contributed by atoms with Crippen LogP contribution in [0.1, 0.15) is 20.2 Å². The summed E-state index contributed by atoms with van der Waals surface area (Å²) in [7, 11) is 0. The smallest absolute Gasteiger partial charge is 0.291 e. The van der Waals surface area contributed by atoms with Crippen molar-refractivity contribution in [1.29, 1.82) is 0 Å². The van der Waals surface area contributed by atoms with Gasteiger partial charge in [-0.05, 0) is 29.7 Å². The Labute approximate surface area is 170 Å². The number of benzene rings is 2. The van der Waals surface area contributed by atoms with Crippen LogP contribution in [0.4, 0.5) is 5.69 Å². The van der Waals surface area contributed by atoms with Crippen molar-refractivity contribution in [3.8, 4) is 0 Å². The van der Waals surface area contributed by atoms with Crippen LogP contribution >= 0.6 is 11.3 Å². The number of nitrogens with zero attached hydrogens (tertiary/aromatic N) is 1. The highest BCUT2D eigenvalue weighted by Crippen LogP contribution is 2.33. The predicted molar refractivity (Wildman–Crippen MR) is 113 cm³/mol. The molecular weight excluding hydrogens is 388 g/mol. The van der Waals surface area contributed by atoms with E-state index >= 15 is 0 Å². The normalized spacial score (nSPS) is 14.4. The second-order valence-electron chi connectivity index (χ2n) is 6.81. The minimum Gasteiger partial charge on any atom is -0.449 e. The highest BCUT2D eigenvalue weighted by Gasteiger charge is 2.28. The number of hydrogen-bond donors (Lipinski definition) is 1. The average molecular weight is 406 g/mol. The van der Waals surface area contributed by atoms with Crippen LogP contribution in [-0.2, 0) is 4.74 Å². The zero-order valence-electron chi connectivity index (χ0n) is 15.5. The van der Waals surface area contributed by atoms with Crippen molar-refractivity contribution in [2.24, 2.45) is 0 Å². The lowest BCUT2D eigenvalue weighted by atomic mass is 10.2. The van der Waals surface area contributed by atoms with E-state index in [0.29, 0.717) is 47.8 Å². The van der Waals surface area contributed by atoms with Gasteiger partial charge >= 0.3 is 0 Å². The fourth-order valence-corrected chi connectivity index (χ4v) is 4.46. The zero-order valence-corrected chi connectivity index (χ0v) is 16.3. The van der Waals surface area contributed by atoms with Crippen LogP contribution in [0.15, 0.2) is 59.0 Å². The Bertz CT molecular complexity index is 1190. The molecular formula is C22H18N2O4S. The van der Waals surface area contributed by atoms with Gasteiger partial charge in [-0.25, -0.2) is 0 Å². The summed E-state index contributed by atoms with van der Waals surface area (Å²) in [5, 5.41) is 4.65. The van der Waals surface area contributed by atoms with Gasteiger partial charge in [0.25, 0.3) is 11.8 Å². The van der Waals surface area contributed by atoms with Gasteiger partial charge in [0.2, 0.25) is 5.76 Å². The molecule has 1 aliphatic heterocycles. The molecule has 2 amide bonds. The topological polar surface area (TPSA) is 71.8 Å². The minimum atomic E-state index is -0.256. The van der Waals surface area contributed by atoms with Gasteiger partial charge in [0.15, 0.2) is 0 Å². The van der Waals surface area contributed by atoms with Crippen molar-refractivity contribution >= 4 is 49.9 Å². The first kappa shape index (κ1) is 17.9. The van der Waals surface area contributed by atoms with Crippen molar-refractivity contribution in [1.82, 2.24) is 4.90 Å². The van der Waals surface area contributed by atoms with Gasteiger partial charge in [0, 0.05) is 23.2 Å². The summed E-state index contributed by atoms with van der Waals surface area (Å²) < 4.78 is 12.2. The summed E-state index contributed by atoms with van der Waals surface area (Å²) in [6, 6.07) is 17.0. The lowest BCUT2D eigenvalue weighted by Crippen LogP contribution is -2.40. The third-order valence-electron chi connectivity index (χ3n) is 4.98. The van der Waals surface area contributed by atoms with Crippen molar-refractivity contribution < 1.29 is 18.7 Å². The van der Waals surface area contributed by atoms with Crippen LogP contribution in [0, 0.1) is 0 Å². The molecule has 29 heavy (non-hydrogen) atoms. The second-order valence-corrected chi connectivity index (χ2v) is 7.89. The summed E-state index contributed by atoms with van der Waals surface area (Å²) in [6.07, 6.45) is 0. The fourth-order valence-electron chi connectivity index (χ4n) is 3.50. The van der Waals surface area contributed by atoms with E-state index in [1.54, 1.807) is 11.0 Å². The maximum atomic E-state index is 13.1. The van der Waals surface area contributed by atoms with Gasteiger partial charge in [-0.15, -0.1) is 11.3 Å². The molecule has 0 spiro atoms. The van der Waals surface area contributed by atoms with E-state index < -0.39 is 0 Å². The molecule has 146 valence electrons. The molecule has 0 atom stereocenters. The van der Waals surface area contributed by atoms with Crippen molar-refractivity contribution in [2.75, 3.05) is 31.6 Å². The number of anilines is 1. The first-order chi connectivity index (χ1) is 14.2. The molecule has 3 heterocycles. The van der Waals surface area contributed by atoms with Gasteiger partial charge in [0.05, 0.1) is 18.1 Å². The molecule has 0 radical (unpaired) electrons. The van der Waals surface area contributed by atoms with E-state index in [0.717, 1.165) is 10.1 Å². The number of ether oxygens (including phenoxy) is 1. The monoisotopic (exact) mass is 406 g/mol. The molecule has 0 unspecified atom stereocenters. The van der Waals surface area contributed by atoms with Gasteiger partial charge in [-0.3, -0.25) is 9.59 Å². The maximum absolute atomic E-state index is 13.1. The molecule has 6 nitrogen and oxygen atoms in total. The number of hydrogen-bond acceptors (Lipinski definition) is 5. The number of morpholine rings is 1. The number of rotatable bonds is 3. The van der Waals surface area contributed by atoms with Gasteiger partial charge in [-0.2, -0.15) is 0 Å². The van der Waals surface area contributed by atoms with Gasteiger partial charge in [-0.1, -0.05) is 30.3 Å². The van der Waals surface area contributed by atoms with Gasteiger partial charge in [0.1, 0.15) is 11.3 Å². The molecule has 5 rings (SSSR count). The zero-order chi connectivity index (χ0) is 19.8. The van der Waals surface area contributed by atoms with E-state index in [4.69, 9.17) is 9.15 Å². The summed E-state index contributed by atoms with van der Waals surface area (Å²) in [5.41, 5.74) is 0.982. The molecule has 1 N–H and O–H groups in total. The average Bonchev–Trinajstić information content (AvgIpc) is 3.36. The summed E-state index contributed by atoms with van der Waals surface area (Å²) in [4.78, 5) is 28.3. The molecule has 2 aromatic heterocycles. The highest BCUT2D eigenvalue weighted by atomic mass is 32.1. The summed E-state index contributed by atoms with van der Waals surface area (Å²) in [5.74, 6) is -0.340. The predicted octanol–water partition coefficient (Wildman–Crippen LogP) is 4.37. The summed E-state index contributed by atoms with van der Waals surface area (Å²) >= 11 is 1.42. The summed E-state index contributed by atoms with van der Waals surface area (Å²) in [6.45, 7) is 1.99. The SMILES string of the molecule is O=C(Nc1c(C(=O)N2CCOCC2)oc2ccccc12)c1cc2ccccc2s1. The Morgan fingerprint density at radius 3 is 2.59 bits per heavy atom. The number of carbonyl (C=O) groups is 2. The lowest BCUT2D eigenvalue weighted by molar-refractivity contribution is 0.0285. The second kappa shape index (κ2) is 7.35. The Morgan fingerprint density at radius 2 is 1.76 bits per heavy atom. The first-order valence-electron chi connectivity index (χ1n) is 9.39. The van der Waals surface area contributed by atoms with E-state index in [1.165, 1.54) is 11.3 Å². The molecule has 4 aromatic rings. The molecule has 1 aliphatic rings. The number of thiophene rings is 1. The molecule has 7 heteroatoms. The van der Waals surface area contributed by atoms with E-state index in [2.05, 4.69) is 5.32 Å². The molecule has 1 fully saturated rings. The van der Waals surface area contributed by atoms with Crippen LogP contribution in [-0.4, -0.2) is 43.0 Å². The minimum absolute atomic E-state index is 0.155. The van der Waals surface area contributed by atoms with Crippen molar-refractivity contribution in [2.45, 2.75) is 0 Å². The van der Waals surface area contributed by atoms with Crippen LogP contribution in [0.2, 0.25) is 0 Å². The van der Waals surface area contributed by atoms with Crippen LogP contribution in [0.25, 0.3) is 21.1 Å². The van der Waals surface area contributed by atoms with E-state index in [1.807, 2.05) is 48.5 Å². The van der Waals surface area contributed by atoms with E-state index in [9.17, 15) is 9.59 Å². The highest BCUT2D eigenvalue weighted by molar-refractivity contribution is 7.20. The molecule has 1 saturated heterocycles. The number of fused-ring (bicyclic) bond motifs is 2. The van der Waals surface area contributed by atoms with Crippen LogP contribution < -0.4 is 5.32 Å². The lowest BCUT2D eigenvalue weighted by Gasteiger charge is -2.26. The van der Waals surface area contributed by atoms with Crippen molar-refractivity contribution in [3.05, 3.63) is 65.2 Å². The first-order valence-corrected chi connectivity index (χ1v) is 10.2. The van der Waals surface area contributed by atoms with Crippen LogP contribution in [0.3, 0.4) is 0 Å². The number of carbonyl (C=O) groups excluding carboxylic acids is 2. The molecule has 0 aliphatic carbocycles. The van der Waals surface area contributed by atoms with Gasteiger partial charge < -0.3 is 19.4 Å². The standard InChI is InChI=1S/C22H18N2O4S/c25-21(18-13-14-5-1-4-8-17(14)29-18)23-19-15-6-2-3-7-16(15)28-20(19)22(26)24-9-11-27-12-10-24/h1-8,13H,9-12H2,(H,23,25). The molecule has 0 bridgehead atoms. The molecule has 2 aromatic carbocycles. The third-order valence-corrected chi connectivity index (χ3v) is 6.09. The quantitative estimate of drug-likeness (QED) is 0.548. The number of nitrogens with one attached hydrogen (secondary N) is 1. The number of amides is 2. The Balaban J connectivity index is 1.52. The Kier molecular flexibility index (Phi) is 4.54.